The Morgan fingerprint density at radius 2 is 2.09 bits per heavy atom. The van der Waals surface area contributed by atoms with Gasteiger partial charge in [0.1, 0.15) is 0 Å². The van der Waals surface area contributed by atoms with Gasteiger partial charge in [-0.2, -0.15) is 0 Å². The molecule has 1 aliphatic rings. The summed E-state index contributed by atoms with van der Waals surface area (Å²) in [6.07, 6.45) is 4.88. The summed E-state index contributed by atoms with van der Waals surface area (Å²) in [5.41, 5.74) is 2.11. The van der Waals surface area contributed by atoms with Crippen LogP contribution in [0.1, 0.15) is 12.1 Å². The Morgan fingerprint density at radius 1 is 1.22 bits per heavy atom. The first kappa shape index (κ1) is 16.5. The van der Waals surface area contributed by atoms with Crippen LogP contribution >= 0.6 is 11.6 Å². The zero-order valence-corrected chi connectivity index (χ0v) is 14.0. The van der Waals surface area contributed by atoms with E-state index in [1.165, 1.54) is 5.69 Å². The average molecular weight is 335 g/mol. The number of rotatable bonds is 7. The predicted octanol–water partition coefficient (Wildman–Crippen LogP) is 2.34. The second-order valence-electron chi connectivity index (χ2n) is 5.67. The van der Waals surface area contributed by atoms with Crippen LogP contribution in [0.2, 0.25) is 5.15 Å². The third-order valence-corrected chi connectivity index (χ3v) is 4.36. The van der Waals surface area contributed by atoms with Crippen molar-refractivity contribution in [3.05, 3.63) is 47.5 Å². The molecule has 3 rings (SSSR count). The SMILES string of the molecule is Clc1ncccc1-n1cccc1CNCCCN1CCOCC1. The van der Waals surface area contributed by atoms with Crippen LogP contribution in [0, 0.1) is 0 Å². The van der Waals surface area contributed by atoms with E-state index in [2.05, 4.69) is 25.8 Å². The van der Waals surface area contributed by atoms with Crippen molar-refractivity contribution in [3.8, 4) is 5.69 Å². The van der Waals surface area contributed by atoms with Crippen LogP contribution in [0.15, 0.2) is 36.7 Å². The summed E-state index contributed by atoms with van der Waals surface area (Å²) in [5, 5.41) is 4.04. The van der Waals surface area contributed by atoms with Crippen LogP contribution < -0.4 is 5.32 Å². The van der Waals surface area contributed by atoms with Crippen LogP contribution in [0.3, 0.4) is 0 Å². The third kappa shape index (κ3) is 4.54. The maximum atomic E-state index is 6.19. The normalized spacial score (nSPS) is 15.9. The fourth-order valence-corrected chi connectivity index (χ4v) is 3.03. The summed E-state index contributed by atoms with van der Waals surface area (Å²) in [6.45, 7) is 6.81. The van der Waals surface area contributed by atoms with Gasteiger partial charge in [0, 0.05) is 37.7 Å². The molecule has 5 nitrogen and oxygen atoms in total. The number of nitrogens with zero attached hydrogens (tertiary/aromatic N) is 3. The standard InChI is InChI=1S/C17H23ClN4O/c18-17-16(5-1-7-20-17)22-9-2-4-15(22)14-19-6-3-8-21-10-12-23-13-11-21/h1-2,4-5,7,9,19H,3,6,8,10-14H2. The van der Waals surface area contributed by atoms with Crippen LogP contribution in [0.25, 0.3) is 5.69 Å². The average Bonchev–Trinajstić information content (AvgIpc) is 3.04. The molecule has 0 bridgehead atoms. The van der Waals surface area contributed by atoms with Crippen molar-refractivity contribution in [1.82, 2.24) is 19.8 Å². The first-order chi connectivity index (χ1) is 11.3. The minimum atomic E-state index is 0.525. The lowest BCUT2D eigenvalue weighted by Crippen LogP contribution is -2.37. The van der Waals surface area contributed by atoms with E-state index in [0.29, 0.717) is 5.15 Å². The highest BCUT2D eigenvalue weighted by Crippen LogP contribution is 2.19. The molecule has 1 N–H and O–H groups in total. The van der Waals surface area contributed by atoms with Gasteiger partial charge >= 0.3 is 0 Å². The van der Waals surface area contributed by atoms with Gasteiger partial charge in [-0.1, -0.05) is 11.6 Å². The second kappa shape index (κ2) is 8.45. The van der Waals surface area contributed by atoms with Crippen LogP contribution in [-0.2, 0) is 11.3 Å². The molecule has 2 aromatic heterocycles. The van der Waals surface area contributed by atoms with Gasteiger partial charge in [-0.05, 0) is 43.8 Å². The molecule has 0 aliphatic carbocycles. The smallest absolute Gasteiger partial charge is 0.152 e. The van der Waals surface area contributed by atoms with Crippen LogP contribution in [0.5, 0.6) is 0 Å². The Hall–Kier alpha value is -1.40. The summed E-state index contributed by atoms with van der Waals surface area (Å²) < 4.78 is 7.45. The van der Waals surface area contributed by atoms with E-state index in [1.54, 1.807) is 6.20 Å². The minimum absolute atomic E-state index is 0.525. The number of nitrogens with one attached hydrogen (secondary N) is 1. The zero-order chi connectivity index (χ0) is 15.9. The van der Waals surface area contributed by atoms with Gasteiger partial charge in [0.15, 0.2) is 5.15 Å². The maximum absolute atomic E-state index is 6.19. The number of hydrogen-bond donors (Lipinski definition) is 1. The molecule has 124 valence electrons. The number of pyridine rings is 1. The van der Waals surface area contributed by atoms with Crippen molar-refractivity contribution in [2.75, 3.05) is 39.4 Å². The number of halogens is 1. The van der Waals surface area contributed by atoms with Gasteiger partial charge < -0.3 is 14.6 Å². The number of hydrogen-bond acceptors (Lipinski definition) is 4. The molecule has 0 radical (unpaired) electrons. The molecule has 1 fully saturated rings. The minimum Gasteiger partial charge on any atom is -0.379 e. The molecule has 0 saturated carbocycles. The second-order valence-corrected chi connectivity index (χ2v) is 6.03. The van der Waals surface area contributed by atoms with E-state index in [-0.39, 0.29) is 0 Å². The molecule has 23 heavy (non-hydrogen) atoms. The predicted molar refractivity (Wildman–Crippen MR) is 92.2 cm³/mol. The van der Waals surface area contributed by atoms with E-state index >= 15 is 0 Å². The first-order valence-electron chi connectivity index (χ1n) is 8.12. The van der Waals surface area contributed by atoms with Crippen molar-refractivity contribution in [3.63, 3.8) is 0 Å². The molecule has 0 atom stereocenters. The lowest BCUT2D eigenvalue weighted by molar-refractivity contribution is 0.0374. The Bertz CT molecular complexity index is 610. The fourth-order valence-electron chi connectivity index (χ4n) is 2.82. The van der Waals surface area contributed by atoms with E-state index in [4.69, 9.17) is 16.3 Å². The van der Waals surface area contributed by atoms with Gasteiger partial charge in [-0.15, -0.1) is 0 Å². The van der Waals surface area contributed by atoms with Crippen molar-refractivity contribution in [2.24, 2.45) is 0 Å². The molecule has 0 unspecified atom stereocenters. The molecular weight excluding hydrogens is 312 g/mol. The monoisotopic (exact) mass is 334 g/mol. The number of morpholine rings is 1. The largest absolute Gasteiger partial charge is 0.379 e. The molecule has 6 heteroatoms. The lowest BCUT2D eigenvalue weighted by Gasteiger charge is -2.26. The molecule has 0 amide bonds. The Balaban J connectivity index is 1.46. The topological polar surface area (TPSA) is 42.3 Å². The summed E-state index contributed by atoms with van der Waals surface area (Å²) in [7, 11) is 0. The van der Waals surface area contributed by atoms with E-state index in [1.807, 2.05) is 24.4 Å². The van der Waals surface area contributed by atoms with E-state index in [9.17, 15) is 0 Å². The van der Waals surface area contributed by atoms with E-state index in [0.717, 1.165) is 58.0 Å². The third-order valence-electron chi connectivity index (χ3n) is 4.07. The number of ether oxygens (including phenoxy) is 1. The van der Waals surface area contributed by atoms with Crippen molar-refractivity contribution >= 4 is 11.6 Å². The number of aromatic nitrogens is 2. The Morgan fingerprint density at radius 3 is 2.91 bits per heavy atom. The Kier molecular flexibility index (Phi) is 6.05. The molecule has 2 aromatic rings. The van der Waals surface area contributed by atoms with Crippen LogP contribution in [-0.4, -0.2) is 53.8 Å². The highest BCUT2D eigenvalue weighted by atomic mass is 35.5. The summed E-state index contributed by atoms with van der Waals surface area (Å²) in [4.78, 5) is 6.61. The van der Waals surface area contributed by atoms with Gasteiger partial charge in [0.2, 0.25) is 0 Å². The molecule has 3 heterocycles. The van der Waals surface area contributed by atoms with Crippen LogP contribution in [0.4, 0.5) is 0 Å². The lowest BCUT2D eigenvalue weighted by atomic mass is 10.3. The summed E-state index contributed by atoms with van der Waals surface area (Å²) in [6, 6.07) is 8.03. The highest BCUT2D eigenvalue weighted by molar-refractivity contribution is 6.31. The maximum Gasteiger partial charge on any atom is 0.152 e. The van der Waals surface area contributed by atoms with Gasteiger partial charge in [0.25, 0.3) is 0 Å². The van der Waals surface area contributed by atoms with Gasteiger partial charge in [0.05, 0.1) is 18.9 Å². The molecule has 0 spiro atoms. The van der Waals surface area contributed by atoms with Gasteiger partial charge in [-0.3, -0.25) is 4.90 Å². The molecular formula is C17H23ClN4O. The highest BCUT2D eigenvalue weighted by Gasteiger charge is 2.10. The molecule has 1 saturated heterocycles. The molecule has 1 aliphatic heterocycles. The quantitative estimate of drug-likeness (QED) is 0.623. The Labute approximate surface area is 142 Å². The summed E-state index contributed by atoms with van der Waals surface area (Å²) in [5.74, 6) is 0. The first-order valence-corrected chi connectivity index (χ1v) is 8.50. The van der Waals surface area contributed by atoms with Crippen molar-refractivity contribution in [1.29, 1.82) is 0 Å². The molecule has 0 aromatic carbocycles. The van der Waals surface area contributed by atoms with Crippen molar-refractivity contribution in [2.45, 2.75) is 13.0 Å². The van der Waals surface area contributed by atoms with Gasteiger partial charge in [-0.25, -0.2) is 4.98 Å². The van der Waals surface area contributed by atoms with E-state index < -0.39 is 0 Å². The fraction of sp³-hybridized carbons (Fsp3) is 0.471. The summed E-state index contributed by atoms with van der Waals surface area (Å²) >= 11 is 6.19. The zero-order valence-electron chi connectivity index (χ0n) is 13.2. The van der Waals surface area contributed by atoms with Crippen molar-refractivity contribution < 1.29 is 4.74 Å².